The van der Waals surface area contributed by atoms with Gasteiger partial charge < -0.3 is 19.9 Å². The third kappa shape index (κ3) is 5.73. The molecule has 1 saturated heterocycles. The number of pyridine rings is 1. The van der Waals surface area contributed by atoms with Crippen LogP contribution in [0.5, 0.6) is 5.75 Å². The predicted molar refractivity (Wildman–Crippen MR) is 108 cm³/mol. The first kappa shape index (κ1) is 19.7. The maximum atomic E-state index is 12.0. The van der Waals surface area contributed by atoms with Crippen molar-refractivity contribution >= 4 is 34.9 Å². The molecule has 0 aliphatic carbocycles. The Balaban J connectivity index is 1.45. The van der Waals surface area contributed by atoms with E-state index in [1.807, 2.05) is 12.1 Å². The molecule has 144 valence electrons. The summed E-state index contributed by atoms with van der Waals surface area (Å²) in [6.07, 6.45) is 1.79. The number of amides is 1. The van der Waals surface area contributed by atoms with Crippen molar-refractivity contribution in [3.8, 4) is 5.75 Å². The lowest BCUT2D eigenvalue weighted by Crippen LogP contribution is -2.44. The molecule has 0 bridgehead atoms. The van der Waals surface area contributed by atoms with Gasteiger partial charge in [0.05, 0.1) is 5.02 Å². The van der Waals surface area contributed by atoms with Crippen molar-refractivity contribution in [3.63, 3.8) is 0 Å². The quantitative estimate of drug-likeness (QED) is 0.795. The summed E-state index contributed by atoms with van der Waals surface area (Å²) in [5, 5.41) is 3.72. The van der Waals surface area contributed by atoms with Crippen LogP contribution in [0, 0.1) is 0 Å². The number of aromatic nitrogens is 1. The molecule has 27 heavy (non-hydrogen) atoms. The minimum Gasteiger partial charge on any atom is -0.482 e. The number of rotatable bonds is 6. The molecule has 0 atom stereocenters. The van der Waals surface area contributed by atoms with Crippen molar-refractivity contribution in [2.75, 3.05) is 44.7 Å². The number of carbonyl (C=O) groups is 1. The summed E-state index contributed by atoms with van der Waals surface area (Å²) >= 11 is 11.9. The summed E-state index contributed by atoms with van der Waals surface area (Å²) in [4.78, 5) is 21.1. The highest BCUT2D eigenvalue weighted by molar-refractivity contribution is 6.34. The molecule has 2 heterocycles. The highest BCUT2D eigenvalue weighted by Gasteiger charge is 2.15. The van der Waals surface area contributed by atoms with Gasteiger partial charge in [-0.2, -0.15) is 0 Å². The number of hydrogen-bond acceptors (Lipinski definition) is 5. The SMILES string of the molecule is CN1CCN(c2ccc(CNC(=O)COc3cc(Cl)ccc3Cl)cn2)CC1. The first-order valence-electron chi connectivity index (χ1n) is 8.74. The number of benzene rings is 1. The summed E-state index contributed by atoms with van der Waals surface area (Å²) in [5.74, 6) is 1.11. The molecule has 1 aliphatic heterocycles. The number of likely N-dealkylation sites (N-methyl/N-ethyl adjacent to an activating group) is 1. The minimum absolute atomic E-state index is 0.132. The van der Waals surface area contributed by atoms with Gasteiger partial charge in [0, 0.05) is 50.0 Å². The van der Waals surface area contributed by atoms with Crippen molar-refractivity contribution in [3.05, 3.63) is 52.1 Å². The van der Waals surface area contributed by atoms with E-state index in [2.05, 4.69) is 27.1 Å². The van der Waals surface area contributed by atoms with Gasteiger partial charge >= 0.3 is 0 Å². The van der Waals surface area contributed by atoms with Crippen LogP contribution in [-0.2, 0) is 11.3 Å². The number of anilines is 1. The molecule has 0 unspecified atom stereocenters. The van der Waals surface area contributed by atoms with Crippen LogP contribution < -0.4 is 15.0 Å². The fraction of sp³-hybridized carbons (Fsp3) is 0.368. The number of piperazine rings is 1. The molecule has 0 radical (unpaired) electrons. The Hall–Kier alpha value is -2.02. The van der Waals surface area contributed by atoms with Crippen LogP contribution >= 0.6 is 23.2 Å². The van der Waals surface area contributed by atoms with Gasteiger partial charge in [0.15, 0.2) is 6.61 Å². The fourth-order valence-electron chi connectivity index (χ4n) is 2.73. The van der Waals surface area contributed by atoms with Crippen LogP contribution in [0.2, 0.25) is 10.0 Å². The molecule has 0 spiro atoms. The zero-order valence-electron chi connectivity index (χ0n) is 15.1. The third-order valence-corrected chi connectivity index (χ3v) is 4.93. The second-order valence-corrected chi connectivity index (χ2v) is 7.30. The largest absolute Gasteiger partial charge is 0.482 e. The molecular formula is C19H22Cl2N4O2. The number of halogens is 2. The van der Waals surface area contributed by atoms with Crippen LogP contribution in [0.25, 0.3) is 0 Å². The molecule has 1 N–H and O–H groups in total. The monoisotopic (exact) mass is 408 g/mol. The van der Waals surface area contributed by atoms with Crippen molar-refractivity contribution in [2.24, 2.45) is 0 Å². The number of nitrogens with one attached hydrogen (secondary N) is 1. The van der Waals surface area contributed by atoms with Crippen LogP contribution in [0.15, 0.2) is 36.5 Å². The molecule has 0 saturated carbocycles. The van der Waals surface area contributed by atoms with E-state index >= 15 is 0 Å². The molecule has 6 nitrogen and oxygen atoms in total. The van der Waals surface area contributed by atoms with Gasteiger partial charge in [-0.25, -0.2) is 4.98 Å². The van der Waals surface area contributed by atoms with Crippen molar-refractivity contribution < 1.29 is 9.53 Å². The second-order valence-electron chi connectivity index (χ2n) is 6.46. The molecule has 1 aromatic heterocycles. The Labute approximate surface area is 169 Å². The standard InChI is InChI=1S/C19H22Cl2N4O2/c1-24-6-8-25(9-7-24)18-5-2-14(11-22-18)12-23-19(26)13-27-17-10-15(20)3-4-16(17)21/h2-5,10-11H,6-9,12-13H2,1H3,(H,23,26). The Kier molecular flexibility index (Phi) is 6.77. The Bertz CT molecular complexity index is 778. The maximum Gasteiger partial charge on any atom is 0.258 e. The topological polar surface area (TPSA) is 57.7 Å². The first-order valence-corrected chi connectivity index (χ1v) is 9.50. The predicted octanol–water partition coefficient (Wildman–Crippen LogP) is 2.84. The molecule has 3 rings (SSSR count). The summed E-state index contributed by atoms with van der Waals surface area (Å²) in [6, 6.07) is 8.85. The highest BCUT2D eigenvalue weighted by Crippen LogP contribution is 2.27. The molecule has 1 aromatic carbocycles. The molecular weight excluding hydrogens is 387 g/mol. The number of hydrogen-bond donors (Lipinski definition) is 1. The van der Waals surface area contributed by atoms with Crippen molar-refractivity contribution in [1.82, 2.24) is 15.2 Å². The number of carbonyl (C=O) groups excluding carboxylic acids is 1. The fourth-order valence-corrected chi connectivity index (χ4v) is 3.06. The van der Waals surface area contributed by atoms with Gasteiger partial charge in [0.25, 0.3) is 5.91 Å². The highest BCUT2D eigenvalue weighted by atomic mass is 35.5. The van der Waals surface area contributed by atoms with Gasteiger partial charge in [0.2, 0.25) is 0 Å². The van der Waals surface area contributed by atoms with Crippen LogP contribution in [-0.4, -0.2) is 55.6 Å². The van der Waals surface area contributed by atoms with Gasteiger partial charge in [-0.15, -0.1) is 0 Å². The lowest BCUT2D eigenvalue weighted by atomic mass is 10.2. The van der Waals surface area contributed by atoms with Crippen LogP contribution in [0.4, 0.5) is 5.82 Å². The molecule has 8 heteroatoms. The van der Waals surface area contributed by atoms with E-state index in [4.69, 9.17) is 27.9 Å². The van der Waals surface area contributed by atoms with Crippen LogP contribution in [0.3, 0.4) is 0 Å². The smallest absolute Gasteiger partial charge is 0.258 e. The third-order valence-electron chi connectivity index (χ3n) is 4.38. The van der Waals surface area contributed by atoms with E-state index in [1.54, 1.807) is 24.4 Å². The van der Waals surface area contributed by atoms with Crippen molar-refractivity contribution in [2.45, 2.75) is 6.54 Å². The lowest BCUT2D eigenvalue weighted by molar-refractivity contribution is -0.123. The first-order chi connectivity index (χ1) is 13.0. The van der Waals surface area contributed by atoms with Gasteiger partial charge in [-0.05, 0) is 30.8 Å². The maximum absolute atomic E-state index is 12.0. The molecule has 1 fully saturated rings. The second kappa shape index (κ2) is 9.26. The van der Waals surface area contributed by atoms with E-state index in [0.717, 1.165) is 37.6 Å². The molecule has 1 amide bonds. The normalized spacial score (nSPS) is 14.9. The van der Waals surface area contributed by atoms with Crippen LogP contribution in [0.1, 0.15) is 5.56 Å². The van der Waals surface area contributed by atoms with E-state index in [-0.39, 0.29) is 12.5 Å². The summed E-state index contributed by atoms with van der Waals surface area (Å²) in [7, 11) is 2.13. The van der Waals surface area contributed by atoms with E-state index < -0.39 is 0 Å². The average Bonchev–Trinajstić information content (AvgIpc) is 2.68. The summed E-state index contributed by atoms with van der Waals surface area (Å²) in [5.41, 5.74) is 0.932. The van der Waals surface area contributed by atoms with Gasteiger partial charge in [-0.3, -0.25) is 4.79 Å². The van der Waals surface area contributed by atoms with Gasteiger partial charge in [0.1, 0.15) is 11.6 Å². The van der Waals surface area contributed by atoms with E-state index in [9.17, 15) is 4.79 Å². The molecule has 2 aromatic rings. The Morgan fingerprint density at radius 2 is 1.96 bits per heavy atom. The number of nitrogens with zero attached hydrogens (tertiary/aromatic N) is 3. The lowest BCUT2D eigenvalue weighted by Gasteiger charge is -2.33. The molecule has 1 aliphatic rings. The Morgan fingerprint density at radius 1 is 1.19 bits per heavy atom. The van der Waals surface area contributed by atoms with Crippen molar-refractivity contribution in [1.29, 1.82) is 0 Å². The van der Waals surface area contributed by atoms with E-state index in [1.165, 1.54) is 0 Å². The zero-order valence-corrected chi connectivity index (χ0v) is 16.6. The zero-order chi connectivity index (χ0) is 19.2. The average molecular weight is 409 g/mol. The summed E-state index contributed by atoms with van der Waals surface area (Å²) in [6.45, 7) is 4.28. The Morgan fingerprint density at radius 3 is 2.67 bits per heavy atom. The minimum atomic E-state index is -0.241. The summed E-state index contributed by atoms with van der Waals surface area (Å²) < 4.78 is 5.42. The number of ether oxygens (including phenoxy) is 1. The van der Waals surface area contributed by atoms with Gasteiger partial charge in [-0.1, -0.05) is 29.3 Å². The van der Waals surface area contributed by atoms with E-state index in [0.29, 0.717) is 22.3 Å².